The van der Waals surface area contributed by atoms with E-state index in [1.54, 1.807) is 18.3 Å². The van der Waals surface area contributed by atoms with Crippen LogP contribution in [-0.2, 0) is 7.05 Å². The molecule has 6 heteroatoms. The lowest BCUT2D eigenvalue weighted by molar-refractivity contribution is 0.790. The standard InChI is InChI=1S/C11H11ClN4S/c1-16-5-4-15-11(16)17-7-2-3-8(10(13)14)9(12)6-7/h2-6H,1H3,(H3,13,14). The Bertz CT molecular complexity index is 564. The van der Waals surface area contributed by atoms with E-state index in [2.05, 4.69) is 4.98 Å². The van der Waals surface area contributed by atoms with Crippen LogP contribution in [0.3, 0.4) is 0 Å². The van der Waals surface area contributed by atoms with Gasteiger partial charge in [-0.1, -0.05) is 23.4 Å². The van der Waals surface area contributed by atoms with E-state index >= 15 is 0 Å². The normalized spacial score (nSPS) is 10.5. The predicted molar refractivity (Wildman–Crippen MR) is 69.8 cm³/mol. The highest BCUT2D eigenvalue weighted by Crippen LogP contribution is 2.29. The second kappa shape index (κ2) is 4.81. The average Bonchev–Trinajstić information content (AvgIpc) is 2.64. The fraction of sp³-hybridized carbons (Fsp3) is 0.0909. The van der Waals surface area contributed by atoms with Gasteiger partial charge in [0.2, 0.25) is 0 Å². The third-order valence-corrected chi connectivity index (χ3v) is 3.60. The fourth-order valence-electron chi connectivity index (χ4n) is 1.33. The van der Waals surface area contributed by atoms with Crippen LogP contribution in [0.1, 0.15) is 5.56 Å². The predicted octanol–water partition coefficient (Wildman–Crippen LogP) is 2.51. The molecule has 0 amide bonds. The van der Waals surface area contributed by atoms with Crippen molar-refractivity contribution in [3.05, 3.63) is 41.2 Å². The molecule has 0 saturated carbocycles. The van der Waals surface area contributed by atoms with Crippen LogP contribution in [0, 0.1) is 5.41 Å². The van der Waals surface area contributed by atoms with Gasteiger partial charge in [-0.25, -0.2) is 4.98 Å². The number of nitrogens with one attached hydrogen (secondary N) is 1. The van der Waals surface area contributed by atoms with Crippen molar-refractivity contribution in [3.8, 4) is 0 Å². The van der Waals surface area contributed by atoms with E-state index in [0.29, 0.717) is 10.6 Å². The molecule has 0 aliphatic carbocycles. The quantitative estimate of drug-likeness (QED) is 0.663. The van der Waals surface area contributed by atoms with Crippen molar-refractivity contribution < 1.29 is 0 Å². The Morgan fingerprint density at radius 3 is 2.82 bits per heavy atom. The largest absolute Gasteiger partial charge is 0.384 e. The molecule has 0 spiro atoms. The number of aromatic nitrogens is 2. The summed E-state index contributed by atoms with van der Waals surface area (Å²) in [6.07, 6.45) is 3.63. The number of imidazole rings is 1. The number of hydrogen-bond acceptors (Lipinski definition) is 3. The Morgan fingerprint density at radius 1 is 1.53 bits per heavy atom. The number of nitrogens with zero attached hydrogens (tertiary/aromatic N) is 2. The topological polar surface area (TPSA) is 67.7 Å². The summed E-state index contributed by atoms with van der Waals surface area (Å²) in [7, 11) is 1.93. The van der Waals surface area contributed by atoms with Gasteiger partial charge in [0.1, 0.15) is 5.84 Å². The average molecular weight is 267 g/mol. The number of benzene rings is 1. The monoisotopic (exact) mass is 266 g/mol. The van der Waals surface area contributed by atoms with Gasteiger partial charge < -0.3 is 10.3 Å². The van der Waals surface area contributed by atoms with Gasteiger partial charge in [-0.15, -0.1) is 0 Å². The van der Waals surface area contributed by atoms with Crippen LogP contribution in [0.4, 0.5) is 0 Å². The van der Waals surface area contributed by atoms with Gasteiger partial charge in [0, 0.05) is 29.9 Å². The second-order valence-electron chi connectivity index (χ2n) is 3.48. The summed E-state index contributed by atoms with van der Waals surface area (Å²) in [4.78, 5) is 5.18. The van der Waals surface area contributed by atoms with Crippen molar-refractivity contribution in [2.75, 3.05) is 0 Å². The molecule has 0 bridgehead atoms. The number of nitrogen functional groups attached to an aromatic ring is 1. The molecule has 1 aromatic heterocycles. The summed E-state index contributed by atoms with van der Waals surface area (Å²) in [6, 6.07) is 5.41. The van der Waals surface area contributed by atoms with E-state index in [-0.39, 0.29) is 5.84 Å². The first-order chi connectivity index (χ1) is 8.08. The third kappa shape index (κ3) is 2.62. The van der Waals surface area contributed by atoms with E-state index in [9.17, 15) is 0 Å². The van der Waals surface area contributed by atoms with Crippen LogP contribution in [0.15, 0.2) is 40.6 Å². The zero-order valence-corrected chi connectivity index (χ0v) is 10.7. The zero-order valence-electron chi connectivity index (χ0n) is 9.14. The lowest BCUT2D eigenvalue weighted by Crippen LogP contribution is -2.11. The summed E-state index contributed by atoms with van der Waals surface area (Å²) in [5.74, 6) is -0.0245. The number of nitrogens with two attached hydrogens (primary N) is 1. The van der Waals surface area contributed by atoms with Crippen molar-refractivity contribution >= 4 is 29.2 Å². The Labute approximate surface area is 108 Å². The van der Waals surface area contributed by atoms with Gasteiger partial charge in [0.25, 0.3) is 0 Å². The Morgan fingerprint density at radius 2 is 2.29 bits per heavy atom. The first-order valence-electron chi connectivity index (χ1n) is 4.87. The van der Waals surface area contributed by atoms with Gasteiger partial charge >= 0.3 is 0 Å². The van der Waals surface area contributed by atoms with Gasteiger partial charge in [-0.3, -0.25) is 5.41 Å². The SMILES string of the molecule is Cn1ccnc1Sc1ccc(C(=N)N)c(Cl)c1. The molecule has 1 heterocycles. The first kappa shape index (κ1) is 12.0. The highest BCUT2D eigenvalue weighted by Gasteiger charge is 2.07. The molecular weight excluding hydrogens is 256 g/mol. The first-order valence-corrected chi connectivity index (χ1v) is 6.06. The molecule has 0 saturated heterocycles. The van der Waals surface area contributed by atoms with Crippen LogP contribution in [0.25, 0.3) is 0 Å². The molecular formula is C11H11ClN4S. The van der Waals surface area contributed by atoms with E-state index < -0.39 is 0 Å². The molecule has 88 valence electrons. The fourth-order valence-corrected chi connectivity index (χ4v) is 2.52. The lowest BCUT2D eigenvalue weighted by Gasteiger charge is -2.05. The van der Waals surface area contributed by atoms with Crippen LogP contribution in [0.5, 0.6) is 0 Å². The number of hydrogen-bond donors (Lipinski definition) is 2. The summed E-state index contributed by atoms with van der Waals surface area (Å²) in [6.45, 7) is 0. The molecule has 3 N–H and O–H groups in total. The molecule has 0 aliphatic heterocycles. The number of rotatable bonds is 3. The van der Waals surface area contributed by atoms with Crippen molar-refractivity contribution in [2.24, 2.45) is 12.8 Å². The highest BCUT2D eigenvalue weighted by molar-refractivity contribution is 7.99. The maximum atomic E-state index is 7.35. The number of aryl methyl sites for hydroxylation is 1. The van der Waals surface area contributed by atoms with Crippen LogP contribution in [0.2, 0.25) is 5.02 Å². The zero-order chi connectivity index (χ0) is 12.4. The molecule has 1 aromatic carbocycles. The Kier molecular flexibility index (Phi) is 3.40. The van der Waals surface area contributed by atoms with Crippen molar-refractivity contribution in [1.82, 2.24) is 9.55 Å². The van der Waals surface area contributed by atoms with E-state index in [1.807, 2.05) is 23.9 Å². The van der Waals surface area contributed by atoms with Crippen molar-refractivity contribution in [1.29, 1.82) is 5.41 Å². The number of amidine groups is 1. The minimum Gasteiger partial charge on any atom is -0.384 e. The molecule has 0 radical (unpaired) electrons. The Balaban J connectivity index is 2.27. The summed E-state index contributed by atoms with van der Waals surface area (Å²) < 4.78 is 1.93. The molecule has 0 fully saturated rings. The van der Waals surface area contributed by atoms with Crippen LogP contribution < -0.4 is 5.73 Å². The minimum atomic E-state index is -0.0245. The smallest absolute Gasteiger partial charge is 0.172 e. The lowest BCUT2D eigenvalue weighted by atomic mass is 10.2. The molecule has 0 aliphatic rings. The van der Waals surface area contributed by atoms with E-state index in [0.717, 1.165) is 10.1 Å². The summed E-state index contributed by atoms with van der Waals surface area (Å²) in [5.41, 5.74) is 5.95. The van der Waals surface area contributed by atoms with Gasteiger partial charge in [0.15, 0.2) is 5.16 Å². The van der Waals surface area contributed by atoms with Crippen molar-refractivity contribution in [2.45, 2.75) is 10.1 Å². The summed E-state index contributed by atoms with van der Waals surface area (Å²) >= 11 is 7.55. The molecule has 2 rings (SSSR count). The van der Waals surface area contributed by atoms with Gasteiger partial charge in [-0.05, 0) is 18.2 Å². The molecule has 4 nitrogen and oxygen atoms in total. The molecule has 2 aromatic rings. The Hall–Kier alpha value is -1.46. The summed E-state index contributed by atoms with van der Waals surface area (Å²) in [5, 5.41) is 8.72. The van der Waals surface area contributed by atoms with E-state index in [1.165, 1.54) is 11.8 Å². The maximum Gasteiger partial charge on any atom is 0.172 e. The van der Waals surface area contributed by atoms with E-state index in [4.69, 9.17) is 22.7 Å². The molecule has 0 atom stereocenters. The van der Waals surface area contributed by atoms with Crippen LogP contribution >= 0.6 is 23.4 Å². The van der Waals surface area contributed by atoms with Crippen molar-refractivity contribution in [3.63, 3.8) is 0 Å². The second-order valence-corrected chi connectivity index (χ2v) is 4.93. The number of halogens is 1. The highest BCUT2D eigenvalue weighted by atomic mass is 35.5. The molecule has 17 heavy (non-hydrogen) atoms. The minimum absolute atomic E-state index is 0.0245. The van der Waals surface area contributed by atoms with Gasteiger partial charge in [0.05, 0.1) is 5.02 Å². The van der Waals surface area contributed by atoms with Gasteiger partial charge in [-0.2, -0.15) is 0 Å². The third-order valence-electron chi connectivity index (χ3n) is 2.22. The maximum absolute atomic E-state index is 7.35. The van der Waals surface area contributed by atoms with Crippen LogP contribution in [-0.4, -0.2) is 15.4 Å². The molecule has 0 unspecified atom stereocenters.